The summed E-state index contributed by atoms with van der Waals surface area (Å²) in [5, 5.41) is 23.0. The van der Waals surface area contributed by atoms with Crippen LogP contribution in [0.4, 0.5) is 0 Å². The second kappa shape index (κ2) is 4.02. The van der Waals surface area contributed by atoms with Crippen LogP contribution < -0.4 is 0 Å². The molecule has 1 aromatic heterocycles. The molecule has 16 heavy (non-hydrogen) atoms. The lowest BCUT2D eigenvalue weighted by Gasteiger charge is -1.98. The first-order chi connectivity index (χ1) is 7.58. The highest BCUT2D eigenvalue weighted by atomic mass is 35.5. The summed E-state index contributed by atoms with van der Waals surface area (Å²) in [5.74, 6) is -0.800. The fraction of sp³-hybridized carbons (Fsp3) is 0.200. The summed E-state index contributed by atoms with van der Waals surface area (Å²) in [6, 6.07) is 4.65. The van der Waals surface area contributed by atoms with Crippen molar-refractivity contribution in [1.82, 2.24) is 9.78 Å². The highest BCUT2D eigenvalue weighted by molar-refractivity contribution is 6.34. The lowest BCUT2D eigenvalue weighted by Crippen LogP contribution is -2.05. The molecule has 0 saturated heterocycles. The van der Waals surface area contributed by atoms with Crippen LogP contribution >= 0.6 is 11.6 Å². The molecule has 0 amide bonds. The van der Waals surface area contributed by atoms with Gasteiger partial charge in [0.2, 0.25) is 0 Å². The van der Waals surface area contributed by atoms with Gasteiger partial charge < -0.3 is 10.2 Å². The summed E-state index contributed by atoms with van der Waals surface area (Å²) >= 11 is 6.02. The Balaban J connectivity index is 2.39. The second-order valence-electron chi connectivity index (χ2n) is 3.36. The van der Waals surface area contributed by atoms with Crippen molar-refractivity contribution in [2.24, 2.45) is 0 Å². The van der Waals surface area contributed by atoms with Crippen LogP contribution in [0, 0.1) is 0 Å². The first-order valence-electron chi connectivity index (χ1n) is 4.65. The number of nitrogens with zero attached hydrogens (tertiary/aromatic N) is 2. The predicted molar refractivity (Wildman–Crippen MR) is 58.7 cm³/mol. The number of carbonyl (C=O) groups is 1. The van der Waals surface area contributed by atoms with E-state index in [1.165, 1.54) is 16.8 Å². The third kappa shape index (κ3) is 1.94. The zero-order valence-corrected chi connectivity index (χ0v) is 8.98. The molecule has 1 aromatic carbocycles. The largest absolute Gasteiger partial charge is 0.508 e. The van der Waals surface area contributed by atoms with Gasteiger partial charge in [0.25, 0.3) is 0 Å². The molecule has 0 saturated carbocycles. The monoisotopic (exact) mass is 240 g/mol. The molecule has 1 heterocycles. The van der Waals surface area contributed by atoms with Gasteiger partial charge in [-0.05, 0) is 12.1 Å². The third-order valence-electron chi connectivity index (χ3n) is 2.20. The quantitative estimate of drug-likeness (QED) is 0.859. The summed E-state index contributed by atoms with van der Waals surface area (Å²) in [7, 11) is 0. The van der Waals surface area contributed by atoms with Crippen molar-refractivity contribution in [3.63, 3.8) is 0 Å². The van der Waals surface area contributed by atoms with Gasteiger partial charge in [0, 0.05) is 11.5 Å². The van der Waals surface area contributed by atoms with Crippen molar-refractivity contribution in [3.05, 3.63) is 23.4 Å². The number of carboxylic acid groups (broad SMARTS) is 1. The fourth-order valence-corrected chi connectivity index (χ4v) is 1.72. The third-order valence-corrected chi connectivity index (χ3v) is 2.59. The zero-order chi connectivity index (χ0) is 11.7. The van der Waals surface area contributed by atoms with E-state index < -0.39 is 5.97 Å². The van der Waals surface area contributed by atoms with Crippen LogP contribution in [-0.2, 0) is 11.3 Å². The van der Waals surface area contributed by atoms with E-state index in [1.807, 2.05) is 0 Å². The van der Waals surface area contributed by atoms with Crippen LogP contribution in [0.15, 0.2) is 18.2 Å². The van der Waals surface area contributed by atoms with Crippen LogP contribution in [0.25, 0.3) is 10.9 Å². The summed E-state index contributed by atoms with van der Waals surface area (Å²) in [6.07, 6.45) is -0.0420. The molecule has 5 nitrogen and oxygen atoms in total. The Labute approximate surface area is 95.9 Å². The van der Waals surface area contributed by atoms with Gasteiger partial charge in [-0.15, -0.1) is 0 Å². The topological polar surface area (TPSA) is 75.3 Å². The first-order valence-corrected chi connectivity index (χ1v) is 5.02. The lowest BCUT2D eigenvalue weighted by atomic mass is 10.2. The van der Waals surface area contributed by atoms with E-state index in [0.717, 1.165) is 0 Å². The van der Waals surface area contributed by atoms with Crippen molar-refractivity contribution >= 4 is 28.5 Å². The van der Waals surface area contributed by atoms with Gasteiger partial charge in [0.15, 0.2) is 0 Å². The summed E-state index contributed by atoms with van der Waals surface area (Å²) < 4.78 is 1.42. The molecule has 0 aliphatic heterocycles. The van der Waals surface area contributed by atoms with Gasteiger partial charge >= 0.3 is 5.97 Å². The summed E-state index contributed by atoms with van der Waals surface area (Å²) in [6.45, 7) is 0.212. The van der Waals surface area contributed by atoms with E-state index in [1.54, 1.807) is 6.07 Å². The van der Waals surface area contributed by atoms with Crippen molar-refractivity contribution in [3.8, 4) is 5.75 Å². The molecule has 0 aliphatic carbocycles. The molecule has 0 radical (unpaired) electrons. The number of aliphatic carboxylic acids is 1. The number of aryl methyl sites for hydroxylation is 1. The Morgan fingerprint density at radius 1 is 1.50 bits per heavy atom. The van der Waals surface area contributed by atoms with Crippen molar-refractivity contribution in [2.45, 2.75) is 13.0 Å². The SMILES string of the molecule is O=C(O)CCn1nc2cc(O)ccc2c1Cl. The minimum atomic E-state index is -0.904. The van der Waals surface area contributed by atoms with Gasteiger partial charge in [0.1, 0.15) is 10.9 Å². The average molecular weight is 241 g/mol. The van der Waals surface area contributed by atoms with Gasteiger partial charge in [-0.25, -0.2) is 0 Å². The Hall–Kier alpha value is -1.75. The lowest BCUT2D eigenvalue weighted by molar-refractivity contribution is -0.137. The van der Waals surface area contributed by atoms with Crippen LogP contribution in [0.3, 0.4) is 0 Å². The molecule has 6 heteroatoms. The molecule has 84 valence electrons. The maximum absolute atomic E-state index is 10.4. The molecule has 0 spiro atoms. The number of benzene rings is 1. The molecule has 2 aromatic rings. The van der Waals surface area contributed by atoms with Gasteiger partial charge in [0.05, 0.1) is 18.5 Å². The number of fused-ring (bicyclic) bond motifs is 1. The molecule has 2 N–H and O–H groups in total. The number of phenolic OH excluding ortho intramolecular Hbond substituents is 1. The Morgan fingerprint density at radius 3 is 2.94 bits per heavy atom. The van der Waals surface area contributed by atoms with E-state index in [9.17, 15) is 9.90 Å². The number of hydrogen-bond acceptors (Lipinski definition) is 3. The van der Waals surface area contributed by atoms with E-state index in [2.05, 4.69) is 5.10 Å². The molecular weight excluding hydrogens is 232 g/mol. The van der Waals surface area contributed by atoms with Crippen molar-refractivity contribution in [1.29, 1.82) is 0 Å². The first kappa shape index (κ1) is 10.8. The minimum Gasteiger partial charge on any atom is -0.508 e. The highest BCUT2D eigenvalue weighted by Gasteiger charge is 2.10. The zero-order valence-electron chi connectivity index (χ0n) is 8.22. The average Bonchev–Trinajstić information content (AvgIpc) is 2.52. The van der Waals surface area contributed by atoms with Crippen LogP contribution in [0.5, 0.6) is 5.75 Å². The Morgan fingerprint density at radius 2 is 2.25 bits per heavy atom. The van der Waals surface area contributed by atoms with Crippen molar-refractivity contribution < 1.29 is 15.0 Å². The van der Waals surface area contributed by atoms with Gasteiger partial charge in [-0.1, -0.05) is 11.6 Å². The van der Waals surface area contributed by atoms with Gasteiger partial charge in [-0.3, -0.25) is 9.48 Å². The summed E-state index contributed by atoms with van der Waals surface area (Å²) in [5.41, 5.74) is 0.551. The molecule has 0 fully saturated rings. The minimum absolute atomic E-state index is 0.0420. The number of carboxylic acids is 1. The normalized spacial score (nSPS) is 10.8. The summed E-state index contributed by atoms with van der Waals surface area (Å²) in [4.78, 5) is 10.4. The molecule has 2 rings (SSSR count). The highest BCUT2D eigenvalue weighted by Crippen LogP contribution is 2.26. The number of halogens is 1. The second-order valence-corrected chi connectivity index (χ2v) is 3.72. The van der Waals surface area contributed by atoms with Crippen molar-refractivity contribution in [2.75, 3.05) is 0 Å². The van der Waals surface area contributed by atoms with Gasteiger partial charge in [-0.2, -0.15) is 5.10 Å². The molecule has 0 unspecified atom stereocenters. The van der Waals surface area contributed by atoms with Crippen LogP contribution in [0.2, 0.25) is 5.15 Å². The maximum atomic E-state index is 10.4. The van der Waals surface area contributed by atoms with E-state index in [0.29, 0.717) is 16.1 Å². The standard InChI is InChI=1S/C10H9ClN2O3/c11-10-7-2-1-6(14)5-8(7)12-13(10)4-3-9(15)16/h1-2,5,14H,3-4H2,(H,15,16). The van der Waals surface area contributed by atoms with E-state index in [-0.39, 0.29) is 18.7 Å². The smallest absolute Gasteiger partial charge is 0.305 e. The number of aromatic hydroxyl groups is 1. The van der Waals surface area contributed by atoms with E-state index in [4.69, 9.17) is 16.7 Å². The van der Waals surface area contributed by atoms with Crippen LogP contribution in [-0.4, -0.2) is 26.0 Å². The number of phenols is 1. The molecule has 0 aliphatic rings. The number of hydrogen-bond donors (Lipinski definition) is 2. The maximum Gasteiger partial charge on any atom is 0.305 e. The molecular formula is C10H9ClN2O3. The van der Waals surface area contributed by atoms with E-state index >= 15 is 0 Å². The van der Waals surface area contributed by atoms with Crippen LogP contribution in [0.1, 0.15) is 6.42 Å². The molecule has 0 bridgehead atoms. The Kier molecular flexibility index (Phi) is 2.70. The molecule has 0 atom stereocenters. The Bertz CT molecular complexity index is 550. The number of aromatic nitrogens is 2. The number of rotatable bonds is 3. The predicted octanol–water partition coefficient (Wildman–Crippen LogP) is 1.87. The fourth-order valence-electron chi connectivity index (χ4n) is 1.44.